The lowest BCUT2D eigenvalue weighted by atomic mass is 9.88. The van der Waals surface area contributed by atoms with E-state index in [1.54, 1.807) is 12.3 Å². The number of fused-ring (bicyclic) bond motifs is 2. The van der Waals surface area contributed by atoms with E-state index in [0.717, 1.165) is 30.1 Å². The molecule has 2 saturated carbocycles. The van der Waals surface area contributed by atoms with Gasteiger partial charge in [0.1, 0.15) is 5.82 Å². The highest BCUT2D eigenvalue weighted by Gasteiger charge is 2.39. The molecule has 5 nitrogen and oxygen atoms in total. The number of carbonyl (C=O) groups excluding carboxylic acids is 1. The van der Waals surface area contributed by atoms with Crippen molar-refractivity contribution in [2.75, 3.05) is 31.3 Å². The highest BCUT2D eigenvalue weighted by molar-refractivity contribution is 5.95. The number of anilines is 2. The fraction of sp³-hybridized carbons (Fsp3) is 0.625. The first-order valence-corrected chi connectivity index (χ1v) is 7.63. The first-order valence-electron chi connectivity index (χ1n) is 7.63. The molecule has 21 heavy (non-hydrogen) atoms. The first kappa shape index (κ1) is 14.2. The molecule has 3 unspecified atom stereocenters. The molecule has 2 aliphatic carbocycles. The maximum Gasteiger partial charge on any atom is 0.340 e. The number of rotatable bonds is 4. The molecular weight excluding hydrogens is 266 g/mol. The SMILES string of the molecule is COC(=O)c1cc(N(C)CC2CC3CCC2C3)ncc1N. The van der Waals surface area contributed by atoms with Crippen molar-refractivity contribution in [2.24, 2.45) is 17.8 Å². The van der Waals surface area contributed by atoms with Gasteiger partial charge in [0.05, 0.1) is 24.6 Å². The third-order valence-corrected chi connectivity index (χ3v) is 5.11. The summed E-state index contributed by atoms with van der Waals surface area (Å²) in [6, 6.07) is 1.73. The van der Waals surface area contributed by atoms with E-state index in [1.807, 2.05) is 7.05 Å². The quantitative estimate of drug-likeness (QED) is 0.862. The van der Waals surface area contributed by atoms with Gasteiger partial charge in [0.25, 0.3) is 0 Å². The van der Waals surface area contributed by atoms with Crippen LogP contribution in [-0.4, -0.2) is 31.7 Å². The summed E-state index contributed by atoms with van der Waals surface area (Å²) in [4.78, 5) is 18.2. The summed E-state index contributed by atoms with van der Waals surface area (Å²) in [6.45, 7) is 0.999. The molecule has 1 aromatic heterocycles. The van der Waals surface area contributed by atoms with Crippen LogP contribution in [0.1, 0.15) is 36.0 Å². The summed E-state index contributed by atoms with van der Waals surface area (Å²) in [6.07, 6.45) is 7.08. The van der Waals surface area contributed by atoms with E-state index in [4.69, 9.17) is 10.5 Å². The predicted octanol–water partition coefficient (Wildman–Crippen LogP) is 2.32. The Kier molecular flexibility index (Phi) is 3.74. The van der Waals surface area contributed by atoms with Crippen LogP contribution in [-0.2, 0) is 4.74 Å². The summed E-state index contributed by atoms with van der Waals surface area (Å²) >= 11 is 0. The molecule has 0 spiro atoms. The fourth-order valence-electron chi connectivity index (χ4n) is 4.00. The minimum atomic E-state index is -0.413. The Morgan fingerprint density at radius 3 is 2.90 bits per heavy atom. The van der Waals surface area contributed by atoms with Gasteiger partial charge < -0.3 is 15.4 Å². The van der Waals surface area contributed by atoms with Crippen LogP contribution in [0.5, 0.6) is 0 Å². The third kappa shape index (κ3) is 2.69. The first-order chi connectivity index (χ1) is 10.1. The summed E-state index contributed by atoms with van der Waals surface area (Å²) in [5, 5.41) is 0. The van der Waals surface area contributed by atoms with Gasteiger partial charge in [-0.25, -0.2) is 9.78 Å². The summed E-state index contributed by atoms with van der Waals surface area (Å²) in [7, 11) is 3.40. The van der Waals surface area contributed by atoms with Gasteiger partial charge in [0, 0.05) is 13.6 Å². The Morgan fingerprint density at radius 1 is 1.48 bits per heavy atom. The van der Waals surface area contributed by atoms with Gasteiger partial charge in [-0.3, -0.25) is 0 Å². The van der Waals surface area contributed by atoms with E-state index in [9.17, 15) is 4.79 Å². The van der Waals surface area contributed by atoms with Gasteiger partial charge in [-0.05, 0) is 43.1 Å². The Labute approximate surface area is 125 Å². The van der Waals surface area contributed by atoms with Gasteiger partial charge in [-0.1, -0.05) is 6.42 Å². The van der Waals surface area contributed by atoms with Gasteiger partial charge in [-0.15, -0.1) is 0 Å². The Hall–Kier alpha value is -1.78. The summed E-state index contributed by atoms with van der Waals surface area (Å²) < 4.78 is 4.76. The third-order valence-electron chi connectivity index (χ3n) is 5.11. The second-order valence-electron chi connectivity index (χ2n) is 6.44. The number of aromatic nitrogens is 1. The molecule has 2 aliphatic rings. The van der Waals surface area contributed by atoms with Crippen molar-refractivity contribution in [3.8, 4) is 0 Å². The molecular formula is C16H23N3O2. The van der Waals surface area contributed by atoms with Crippen molar-refractivity contribution in [3.63, 3.8) is 0 Å². The zero-order valence-corrected chi connectivity index (χ0v) is 12.7. The molecule has 3 rings (SSSR count). The van der Waals surface area contributed by atoms with Crippen molar-refractivity contribution >= 4 is 17.5 Å². The average molecular weight is 289 g/mol. The second kappa shape index (κ2) is 5.54. The number of carbonyl (C=O) groups is 1. The van der Waals surface area contributed by atoms with Crippen LogP contribution in [0.3, 0.4) is 0 Å². The molecule has 5 heteroatoms. The number of nitrogen functional groups attached to an aromatic ring is 1. The predicted molar refractivity (Wildman–Crippen MR) is 82.2 cm³/mol. The van der Waals surface area contributed by atoms with Crippen LogP contribution in [0.25, 0.3) is 0 Å². The molecule has 0 radical (unpaired) electrons. The van der Waals surface area contributed by atoms with Crippen molar-refractivity contribution in [1.29, 1.82) is 0 Å². The van der Waals surface area contributed by atoms with E-state index >= 15 is 0 Å². The largest absolute Gasteiger partial charge is 0.465 e. The topological polar surface area (TPSA) is 68.5 Å². The van der Waals surface area contributed by atoms with Gasteiger partial charge >= 0.3 is 5.97 Å². The molecule has 3 atom stereocenters. The number of nitrogens with zero attached hydrogens (tertiary/aromatic N) is 2. The number of hydrogen-bond donors (Lipinski definition) is 1. The zero-order valence-electron chi connectivity index (χ0n) is 12.7. The van der Waals surface area contributed by atoms with Crippen LogP contribution >= 0.6 is 0 Å². The van der Waals surface area contributed by atoms with E-state index in [-0.39, 0.29) is 0 Å². The number of methoxy groups -OCH3 is 1. The maximum absolute atomic E-state index is 11.7. The van der Waals surface area contributed by atoms with Crippen molar-refractivity contribution in [2.45, 2.75) is 25.7 Å². The minimum absolute atomic E-state index is 0.360. The van der Waals surface area contributed by atoms with Crippen LogP contribution in [0.15, 0.2) is 12.3 Å². The standard InChI is InChI=1S/C16H23N3O2/c1-19(9-12-6-10-3-4-11(12)5-10)15-7-13(16(20)21-2)14(17)8-18-15/h7-8,10-12H,3-6,9,17H2,1-2H3. The molecule has 0 aliphatic heterocycles. The van der Waals surface area contributed by atoms with Gasteiger partial charge in [0.2, 0.25) is 0 Å². The molecule has 2 fully saturated rings. The van der Waals surface area contributed by atoms with Crippen molar-refractivity contribution in [3.05, 3.63) is 17.8 Å². The zero-order chi connectivity index (χ0) is 15.0. The lowest BCUT2D eigenvalue weighted by Crippen LogP contribution is -2.29. The number of hydrogen-bond acceptors (Lipinski definition) is 5. The molecule has 0 saturated heterocycles. The van der Waals surface area contributed by atoms with E-state index in [0.29, 0.717) is 11.3 Å². The molecule has 0 aromatic carbocycles. The molecule has 0 amide bonds. The van der Waals surface area contributed by atoms with E-state index in [2.05, 4.69) is 9.88 Å². The normalized spacial score (nSPS) is 26.9. The maximum atomic E-state index is 11.7. The number of pyridine rings is 1. The minimum Gasteiger partial charge on any atom is -0.465 e. The smallest absolute Gasteiger partial charge is 0.340 e. The average Bonchev–Trinajstić information content (AvgIpc) is 3.09. The second-order valence-corrected chi connectivity index (χ2v) is 6.44. The highest BCUT2D eigenvalue weighted by atomic mass is 16.5. The van der Waals surface area contributed by atoms with Crippen LogP contribution in [0.2, 0.25) is 0 Å². The molecule has 1 heterocycles. The molecule has 114 valence electrons. The summed E-state index contributed by atoms with van der Waals surface area (Å²) in [5.74, 6) is 2.95. The Bertz CT molecular complexity index is 546. The number of nitrogens with two attached hydrogens (primary N) is 1. The molecule has 2 bridgehead atoms. The van der Waals surface area contributed by atoms with Crippen LogP contribution < -0.4 is 10.6 Å². The van der Waals surface area contributed by atoms with Crippen LogP contribution in [0, 0.1) is 17.8 Å². The Balaban J connectivity index is 1.72. The highest BCUT2D eigenvalue weighted by Crippen LogP contribution is 2.48. The van der Waals surface area contributed by atoms with Gasteiger partial charge in [-0.2, -0.15) is 0 Å². The Morgan fingerprint density at radius 2 is 2.29 bits per heavy atom. The van der Waals surface area contributed by atoms with Crippen molar-refractivity contribution < 1.29 is 9.53 Å². The van der Waals surface area contributed by atoms with E-state index in [1.165, 1.54) is 32.8 Å². The molecule has 1 aromatic rings. The number of ether oxygens (including phenoxy) is 1. The molecule has 2 N–H and O–H groups in total. The summed E-state index contributed by atoms with van der Waals surface area (Å²) in [5.41, 5.74) is 6.55. The van der Waals surface area contributed by atoms with Crippen LogP contribution in [0.4, 0.5) is 11.5 Å². The fourth-order valence-corrected chi connectivity index (χ4v) is 4.00. The lowest BCUT2D eigenvalue weighted by molar-refractivity contribution is 0.0602. The van der Waals surface area contributed by atoms with Crippen molar-refractivity contribution in [1.82, 2.24) is 4.98 Å². The number of esters is 1. The van der Waals surface area contributed by atoms with E-state index < -0.39 is 5.97 Å². The van der Waals surface area contributed by atoms with Gasteiger partial charge in [0.15, 0.2) is 0 Å². The monoisotopic (exact) mass is 289 g/mol. The lowest BCUT2D eigenvalue weighted by Gasteiger charge is -2.28.